The predicted molar refractivity (Wildman–Crippen MR) is 83.5 cm³/mol. The summed E-state index contributed by atoms with van der Waals surface area (Å²) in [5.74, 6) is 0. The number of nitrogens with one attached hydrogen (secondary N) is 1. The summed E-state index contributed by atoms with van der Waals surface area (Å²) in [6.45, 7) is 12.1. The zero-order valence-corrected chi connectivity index (χ0v) is 13.5. The molecule has 0 aromatic heterocycles. The van der Waals surface area contributed by atoms with Gasteiger partial charge in [0.05, 0.1) is 0 Å². The SMILES string of the molecule is CC(C)N1CCC(NC2CCCC(C)(C)CC2)CC1. The first-order chi connectivity index (χ1) is 8.96. The van der Waals surface area contributed by atoms with Crippen molar-refractivity contribution in [2.75, 3.05) is 13.1 Å². The van der Waals surface area contributed by atoms with Crippen molar-refractivity contribution in [1.29, 1.82) is 0 Å². The molecule has 1 saturated carbocycles. The number of hydrogen-bond acceptors (Lipinski definition) is 2. The Kier molecular flexibility index (Phi) is 5.30. The number of piperidine rings is 1. The number of nitrogens with zero attached hydrogens (tertiary/aromatic N) is 1. The van der Waals surface area contributed by atoms with Gasteiger partial charge < -0.3 is 10.2 Å². The van der Waals surface area contributed by atoms with Crippen LogP contribution in [0, 0.1) is 5.41 Å². The summed E-state index contributed by atoms with van der Waals surface area (Å²) >= 11 is 0. The van der Waals surface area contributed by atoms with Crippen LogP contribution in [0.4, 0.5) is 0 Å². The number of hydrogen-bond donors (Lipinski definition) is 1. The van der Waals surface area contributed by atoms with Crippen LogP contribution in [0.3, 0.4) is 0 Å². The average Bonchev–Trinajstić information content (AvgIpc) is 2.52. The van der Waals surface area contributed by atoms with Crippen molar-refractivity contribution in [1.82, 2.24) is 10.2 Å². The summed E-state index contributed by atoms with van der Waals surface area (Å²) < 4.78 is 0. The van der Waals surface area contributed by atoms with E-state index in [0.717, 1.165) is 18.1 Å². The van der Waals surface area contributed by atoms with E-state index < -0.39 is 0 Å². The van der Waals surface area contributed by atoms with E-state index >= 15 is 0 Å². The fourth-order valence-electron chi connectivity index (χ4n) is 3.74. The topological polar surface area (TPSA) is 15.3 Å². The van der Waals surface area contributed by atoms with Crippen molar-refractivity contribution in [2.45, 2.75) is 90.8 Å². The van der Waals surface area contributed by atoms with Gasteiger partial charge >= 0.3 is 0 Å². The zero-order valence-electron chi connectivity index (χ0n) is 13.5. The second-order valence-electron chi connectivity index (χ2n) is 7.86. The Balaban J connectivity index is 1.73. The molecule has 1 aliphatic carbocycles. The fourth-order valence-corrected chi connectivity index (χ4v) is 3.74. The van der Waals surface area contributed by atoms with Crippen molar-refractivity contribution in [2.24, 2.45) is 5.41 Å². The Labute approximate surface area is 120 Å². The van der Waals surface area contributed by atoms with Gasteiger partial charge in [0.15, 0.2) is 0 Å². The lowest BCUT2D eigenvalue weighted by atomic mass is 9.85. The highest BCUT2D eigenvalue weighted by atomic mass is 15.2. The summed E-state index contributed by atoms with van der Waals surface area (Å²) in [4.78, 5) is 2.62. The quantitative estimate of drug-likeness (QED) is 0.782. The molecule has 1 aliphatic heterocycles. The van der Waals surface area contributed by atoms with E-state index in [-0.39, 0.29) is 0 Å². The molecule has 0 aromatic carbocycles. The molecule has 1 N–H and O–H groups in total. The first-order valence-corrected chi connectivity index (χ1v) is 8.46. The van der Waals surface area contributed by atoms with E-state index in [1.165, 1.54) is 58.0 Å². The lowest BCUT2D eigenvalue weighted by molar-refractivity contribution is 0.154. The minimum Gasteiger partial charge on any atom is -0.311 e. The van der Waals surface area contributed by atoms with Crippen molar-refractivity contribution in [3.05, 3.63) is 0 Å². The molecule has 112 valence electrons. The van der Waals surface area contributed by atoms with Crippen LogP contribution in [0.15, 0.2) is 0 Å². The molecule has 1 heterocycles. The van der Waals surface area contributed by atoms with Gasteiger partial charge in [0.2, 0.25) is 0 Å². The molecular formula is C17H34N2. The summed E-state index contributed by atoms with van der Waals surface area (Å²) in [6, 6.07) is 2.29. The molecule has 0 radical (unpaired) electrons. The molecule has 19 heavy (non-hydrogen) atoms. The van der Waals surface area contributed by atoms with Crippen molar-refractivity contribution < 1.29 is 0 Å². The maximum atomic E-state index is 3.97. The lowest BCUT2D eigenvalue weighted by Gasteiger charge is -2.36. The van der Waals surface area contributed by atoms with E-state index in [1.807, 2.05) is 0 Å². The Morgan fingerprint density at radius 2 is 1.58 bits per heavy atom. The van der Waals surface area contributed by atoms with Crippen molar-refractivity contribution in [3.63, 3.8) is 0 Å². The summed E-state index contributed by atoms with van der Waals surface area (Å²) in [5.41, 5.74) is 0.581. The molecule has 0 amide bonds. The van der Waals surface area contributed by atoms with Crippen LogP contribution in [0.25, 0.3) is 0 Å². The van der Waals surface area contributed by atoms with Crippen LogP contribution in [-0.2, 0) is 0 Å². The van der Waals surface area contributed by atoms with Gasteiger partial charge in [-0.1, -0.05) is 20.3 Å². The first-order valence-electron chi connectivity index (χ1n) is 8.46. The summed E-state index contributed by atoms with van der Waals surface area (Å²) in [5, 5.41) is 3.97. The van der Waals surface area contributed by atoms with Crippen LogP contribution >= 0.6 is 0 Å². The van der Waals surface area contributed by atoms with E-state index in [2.05, 4.69) is 37.9 Å². The number of likely N-dealkylation sites (tertiary alicyclic amines) is 1. The Morgan fingerprint density at radius 1 is 0.947 bits per heavy atom. The third-order valence-electron chi connectivity index (χ3n) is 5.31. The fraction of sp³-hybridized carbons (Fsp3) is 1.00. The molecule has 2 heteroatoms. The molecule has 0 bridgehead atoms. The highest BCUT2D eigenvalue weighted by molar-refractivity contribution is 4.85. The minimum absolute atomic E-state index is 0.581. The smallest absolute Gasteiger partial charge is 0.00940 e. The van der Waals surface area contributed by atoms with Crippen LogP contribution in [0.2, 0.25) is 0 Å². The standard InChI is InChI=1S/C17H34N2/c1-14(2)19-12-8-16(9-13-19)18-15-6-5-10-17(3,4)11-7-15/h14-16,18H,5-13H2,1-4H3. The molecule has 2 fully saturated rings. The molecule has 0 spiro atoms. The second-order valence-corrected chi connectivity index (χ2v) is 7.86. The van der Waals surface area contributed by atoms with Crippen molar-refractivity contribution >= 4 is 0 Å². The maximum absolute atomic E-state index is 3.97. The van der Waals surface area contributed by atoms with E-state index in [9.17, 15) is 0 Å². The normalized spacial score (nSPS) is 30.5. The zero-order chi connectivity index (χ0) is 13.9. The van der Waals surface area contributed by atoms with Crippen LogP contribution in [0.5, 0.6) is 0 Å². The summed E-state index contributed by atoms with van der Waals surface area (Å²) in [7, 11) is 0. The Morgan fingerprint density at radius 3 is 2.21 bits per heavy atom. The third-order valence-corrected chi connectivity index (χ3v) is 5.31. The average molecular weight is 266 g/mol. The second kappa shape index (κ2) is 6.58. The van der Waals surface area contributed by atoms with E-state index in [0.29, 0.717) is 5.41 Å². The molecule has 1 saturated heterocycles. The Hall–Kier alpha value is -0.0800. The van der Waals surface area contributed by atoms with Gasteiger partial charge in [-0.25, -0.2) is 0 Å². The first kappa shape index (κ1) is 15.3. The number of rotatable bonds is 3. The maximum Gasteiger partial charge on any atom is 0.00940 e. The molecule has 2 rings (SSSR count). The van der Waals surface area contributed by atoms with E-state index in [4.69, 9.17) is 0 Å². The van der Waals surface area contributed by atoms with E-state index in [1.54, 1.807) is 0 Å². The van der Waals surface area contributed by atoms with Gasteiger partial charge in [0.25, 0.3) is 0 Å². The van der Waals surface area contributed by atoms with Gasteiger partial charge in [0.1, 0.15) is 0 Å². The van der Waals surface area contributed by atoms with Crippen LogP contribution < -0.4 is 5.32 Å². The monoisotopic (exact) mass is 266 g/mol. The van der Waals surface area contributed by atoms with Crippen molar-refractivity contribution in [3.8, 4) is 0 Å². The van der Waals surface area contributed by atoms with Gasteiger partial charge in [0, 0.05) is 18.1 Å². The molecule has 0 aromatic rings. The highest BCUT2D eigenvalue weighted by Gasteiger charge is 2.27. The van der Waals surface area contributed by atoms with Gasteiger partial charge in [-0.15, -0.1) is 0 Å². The van der Waals surface area contributed by atoms with Gasteiger partial charge in [-0.05, 0) is 70.9 Å². The lowest BCUT2D eigenvalue weighted by Crippen LogP contribution is -2.47. The minimum atomic E-state index is 0.581. The molecule has 1 unspecified atom stereocenters. The van der Waals surface area contributed by atoms with Gasteiger partial charge in [-0.2, -0.15) is 0 Å². The Bertz CT molecular complexity index is 264. The molecule has 1 atom stereocenters. The predicted octanol–water partition coefficient (Wildman–Crippen LogP) is 3.81. The molecule has 2 aliphatic rings. The third kappa shape index (κ3) is 4.75. The largest absolute Gasteiger partial charge is 0.311 e. The van der Waals surface area contributed by atoms with Crippen LogP contribution in [-0.4, -0.2) is 36.1 Å². The molecular weight excluding hydrogens is 232 g/mol. The highest BCUT2D eigenvalue weighted by Crippen LogP contribution is 2.34. The summed E-state index contributed by atoms with van der Waals surface area (Å²) in [6.07, 6.45) is 9.70. The molecule has 2 nitrogen and oxygen atoms in total. The van der Waals surface area contributed by atoms with Crippen LogP contribution in [0.1, 0.15) is 72.6 Å². The van der Waals surface area contributed by atoms with Gasteiger partial charge in [-0.3, -0.25) is 0 Å².